The van der Waals surface area contributed by atoms with Crippen LogP contribution >= 0.6 is 0 Å². The Morgan fingerprint density at radius 2 is 1.76 bits per heavy atom. The van der Waals surface area contributed by atoms with Gasteiger partial charge in [-0.15, -0.1) is 0 Å². The summed E-state index contributed by atoms with van der Waals surface area (Å²) < 4.78 is 27.8. The molecule has 3 aliphatic rings. The molecule has 0 amide bonds. The third-order valence-electron chi connectivity index (χ3n) is 8.54. The van der Waals surface area contributed by atoms with Crippen LogP contribution in [0, 0.1) is 16.7 Å². The van der Waals surface area contributed by atoms with Gasteiger partial charge in [-0.2, -0.15) is 0 Å². The average molecular weight is 561 g/mol. The molecule has 2 aromatic rings. The quantitative estimate of drug-likeness (QED) is 0.394. The monoisotopic (exact) mass is 560 g/mol. The lowest BCUT2D eigenvalue weighted by Gasteiger charge is -2.58. The van der Waals surface area contributed by atoms with Crippen LogP contribution in [0.2, 0.25) is 0 Å². The van der Waals surface area contributed by atoms with Gasteiger partial charge in [-0.05, 0) is 47.8 Å². The number of methoxy groups -OCH3 is 3. The molecule has 5 atom stereocenters. The van der Waals surface area contributed by atoms with E-state index in [2.05, 4.69) is 0 Å². The van der Waals surface area contributed by atoms with Gasteiger partial charge in [0.2, 0.25) is 0 Å². The van der Waals surface area contributed by atoms with E-state index in [-0.39, 0.29) is 25.6 Å². The smallest absolute Gasteiger partial charge is 0.326 e. The number of esters is 1. The minimum Gasteiger partial charge on any atom is -0.497 e. The van der Waals surface area contributed by atoms with E-state index in [4.69, 9.17) is 23.7 Å². The third kappa shape index (κ3) is 4.36. The highest BCUT2D eigenvalue weighted by Gasteiger charge is 2.73. The van der Waals surface area contributed by atoms with Gasteiger partial charge < -0.3 is 28.8 Å². The highest BCUT2D eigenvalue weighted by atomic mass is 16.7. The summed E-state index contributed by atoms with van der Waals surface area (Å²) >= 11 is 0. The van der Waals surface area contributed by atoms with Crippen LogP contribution in [-0.4, -0.2) is 63.7 Å². The summed E-state index contributed by atoms with van der Waals surface area (Å²) in [6.07, 6.45) is 5.66. The number of ketones is 1. The molecule has 5 rings (SSSR count). The fourth-order valence-corrected chi connectivity index (χ4v) is 6.79. The molecule has 9 heteroatoms. The van der Waals surface area contributed by atoms with Gasteiger partial charge >= 0.3 is 11.9 Å². The van der Waals surface area contributed by atoms with Crippen molar-refractivity contribution in [1.29, 1.82) is 0 Å². The number of carbonyl (C=O) groups is 3. The van der Waals surface area contributed by atoms with E-state index in [1.165, 1.54) is 13.2 Å². The molecular weight excluding hydrogens is 528 g/mol. The van der Waals surface area contributed by atoms with Crippen molar-refractivity contribution in [2.24, 2.45) is 16.7 Å². The summed E-state index contributed by atoms with van der Waals surface area (Å²) in [5.41, 5.74) is -2.04. The number of carbonyl (C=O) groups excluding carboxylic acids is 2. The van der Waals surface area contributed by atoms with E-state index < -0.39 is 40.7 Å². The average Bonchev–Trinajstić information content (AvgIpc) is 3.01. The number of hydrogen-bond donors (Lipinski definition) is 1. The molecule has 2 aromatic carbocycles. The molecule has 1 spiro atoms. The van der Waals surface area contributed by atoms with Crippen LogP contribution in [0.3, 0.4) is 0 Å². The van der Waals surface area contributed by atoms with Gasteiger partial charge in [0.15, 0.2) is 18.0 Å². The van der Waals surface area contributed by atoms with Crippen molar-refractivity contribution in [3.8, 4) is 5.75 Å². The van der Waals surface area contributed by atoms with Gasteiger partial charge in [0.05, 0.1) is 32.3 Å². The Kier molecular flexibility index (Phi) is 7.84. The van der Waals surface area contributed by atoms with Gasteiger partial charge in [-0.3, -0.25) is 14.4 Å². The zero-order valence-electron chi connectivity index (χ0n) is 23.1. The fraction of sp³-hybridized carbons (Fsp3) is 0.344. The molecule has 1 saturated carbocycles. The maximum absolute atomic E-state index is 14.5. The summed E-state index contributed by atoms with van der Waals surface area (Å²) in [5, 5.41) is 10.9. The Bertz CT molecular complexity index is 1410. The van der Waals surface area contributed by atoms with Gasteiger partial charge in [0.1, 0.15) is 11.5 Å². The van der Waals surface area contributed by atoms with Crippen LogP contribution in [0.15, 0.2) is 84.2 Å². The van der Waals surface area contributed by atoms with Gasteiger partial charge in [0.25, 0.3) is 0 Å². The van der Waals surface area contributed by atoms with E-state index in [9.17, 15) is 19.5 Å². The van der Waals surface area contributed by atoms with E-state index in [1.807, 2.05) is 36.4 Å². The van der Waals surface area contributed by atoms with Gasteiger partial charge in [0, 0.05) is 18.6 Å². The molecule has 0 bridgehead atoms. The first kappa shape index (κ1) is 28.3. The Labute approximate surface area is 238 Å². The number of allylic oxidation sites excluding steroid dienone is 3. The first-order valence-electron chi connectivity index (χ1n) is 13.2. The zero-order valence-corrected chi connectivity index (χ0v) is 23.1. The number of rotatable bonds is 7. The van der Waals surface area contributed by atoms with Gasteiger partial charge in [-0.25, -0.2) is 0 Å². The van der Waals surface area contributed by atoms with Crippen LogP contribution in [0.25, 0.3) is 6.08 Å². The molecule has 1 N–H and O–H groups in total. The van der Waals surface area contributed by atoms with Crippen molar-refractivity contribution in [2.45, 2.75) is 18.4 Å². The Hall–Kier alpha value is -4.21. The van der Waals surface area contributed by atoms with Crippen molar-refractivity contribution in [3.63, 3.8) is 0 Å². The number of benzene rings is 2. The van der Waals surface area contributed by atoms with Crippen molar-refractivity contribution < 1.29 is 43.2 Å². The van der Waals surface area contributed by atoms with Crippen LogP contribution in [-0.2, 0) is 33.3 Å². The highest BCUT2D eigenvalue weighted by Crippen LogP contribution is 2.65. The van der Waals surface area contributed by atoms with E-state index in [0.29, 0.717) is 22.6 Å². The standard InChI is InChI=1S/C32H32O9/c1-37-23-13-10-20(11-14-23)9-12-22-17-27(38-2)32(29(34)35,30(36)39-3)28(21-7-5-4-6-8-21)31(22)24-18-40-19-41-25(24)15-16-26(31)33/h4-16,22,27-28H,17-19H2,1-3H3,(H,34,35)/b12-9+. The van der Waals surface area contributed by atoms with Gasteiger partial charge in [-0.1, -0.05) is 54.6 Å². The summed E-state index contributed by atoms with van der Waals surface area (Å²) in [7, 11) is 4.10. The molecule has 0 radical (unpaired) electrons. The normalized spacial score (nSPS) is 29.2. The number of carboxylic acids is 1. The molecule has 1 fully saturated rings. The minimum absolute atomic E-state index is 0.0163. The van der Waals surface area contributed by atoms with Crippen molar-refractivity contribution in [3.05, 3.63) is 95.3 Å². The summed E-state index contributed by atoms with van der Waals surface area (Å²) in [6.45, 7) is 0.00765. The number of fused-ring (bicyclic) bond motifs is 1. The van der Waals surface area contributed by atoms with E-state index in [1.54, 1.807) is 43.5 Å². The van der Waals surface area contributed by atoms with Crippen molar-refractivity contribution in [1.82, 2.24) is 0 Å². The van der Waals surface area contributed by atoms with Crippen LogP contribution in [0.1, 0.15) is 23.5 Å². The Morgan fingerprint density at radius 1 is 1.02 bits per heavy atom. The second kappa shape index (κ2) is 11.3. The second-order valence-electron chi connectivity index (χ2n) is 10.2. The minimum atomic E-state index is -2.27. The topological polar surface area (TPSA) is 118 Å². The lowest BCUT2D eigenvalue weighted by Crippen LogP contribution is -2.66. The maximum atomic E-state index is 14.5. The first-order valence-corrected chi connectivity index (χ1v) is 13.2. The van der Waals surface area contributed by atoms with Crippen LogP contribution in [0.5, 0.6) is 5.75 Å². The van der Waals surface area contributed by atoms with E-state index >= 15 is 0 Å². The summed E-state index contributed by atoms with van der Waals surface area (Å²) in [6, 6.07) is 16.1. The number of ether oxygens (including phenoxy) is 5. The lowest BCUT2D eigenvalue weighted by atomic mass is 9.43. The largest absolute Gasteiger partial charge is 0.497 e. The van der Waals surface area contributed by atoms with E-state index in [0.717, 1.165) is 12.7 Å². The molecule has 1 aliphatic heterocycles. The van der Waals surface area contributed by atoms with Crippen molar-refractivity contribution >= 4 is 23.8 Å². The Balaban J connectivity index is 1.84. The predicted molar refractivity (Wildman–Crippen MR) is 148 cm³/mol. The summed E-state index contributed by atoms with van der Waals surface area (Å²) in [4.78, 5) is 41.7. The third-order valence-corrected chi connectivity index (χ3v) is 8.54. The molecule has 0 aromatic heterocycles. The molecular formula is C32H32O9. The molecule has 214 valence electrons. The van der Waals surface area contributed by atoms with Crippen LogP contribution < -0.4 is 4.74 Å². The molecule has 1 heterocycles. The Morgan fingerprint density at radius 3 is 2.39 bits per heavy atom. The highest BCUT2D eigenvalue weighted by molar-refractivity contribution is 6.07. The molecule has 9 nitrogen and oxygen atoms in total. The lowest BCUT2D eigenvalue weighted by molar-refractivity contribution is -0.195. The SMILES string of the molecule is COC(=O)C1(C(=O)O)C(OC)CC(/C=C/c2ccc(OC)cc2)C2(C(=O)C=CC3=C2COCO3)C1c1ccccc1. The molecule has 41 heavy (non-hydrogen) atoms. The first-order chi connectivity index (χ1) is 19.8. The number of aliphatic carboxylic acids is 1. The maximum Gasteiger partial charge on any atom is 0.326 e. The molecule has 2 aliphatic carbocycles. The number of hydrogen-bond acceptors (Lipinski definition) is 8. The summed E-state index contributed by atoms with van der Waals surface area (Å²) in [5.74, 6) is -3.52. The van der Waals surface area contributed by atoms with Crippen molar-refractivity contribution in [2.75, 3.05) is 34.7 Å². The zero-order chi connectivity index (χ0) is 29.2. The predicted octanol–water partition coefficient (Wildman–Crippen LogP) is 4.15. The fourth-order valence-electron chi connectivity index (χ4n) is 6.79. The molecule has 0 saturated heterocycles. The van der Waals surface area contributed by atoms with Crippen LogP contribution in [0.4, 0.5) is 0 Å². The number of carboxylic acid groups (broad SMARTS) is 1. The molecule has 5 unspecified atom stereocenters. The second-order valence-corrected chi connectivity index (χ2v) is 10.2.